The number of aryl methyl sites for hydroxylation is 1. The van der Waals surface area contributed by atoms with E-state index < -0.39 is 28.9 Å². The van der Waals surface area contributed by atoms with E-state index in [0.29, 0.717) is 24.7 Å². The highest BCUT2D eigenvalue weighted by molar-refractivity contribution is 5.95. The summed E-state index contributed by atoms with van der Waals surface area (Å²) in [5.41, 5.74) is 3.81. The molecule has 2 aromatic heterocycles. The van der Waals surface area contributed by atoms with E-state index in [1.807, 2.05) is 49.5 Å². The zero-order valence-electron chi connectivity index (χ0n) is 19.6. The van der Waals surface area contributed by atoms with E-state index in [-0.39, 0.29) is 19.0 Å². The number of carbonyl (C=O) groups is 1. The van der Waals surface area contributed by atoms with Gasteiger partial charge in [0.2, 0.25) is 0 Å². The normalized spacial score (nSPS) is 14.2. The average Bonchev–Trinajstić information content (AvgIpc) is 2.91. The van der Waals surface area contributed by atoms with E-state index in [2.05, 4.69) is 9.97 Å². The number of nitrogens with zero attached hydrogens (tertiary/aromatic N) is 4. The van der Waals surface area contributed by atoms with Crippen LogP contribution in [0.1, 0.15) is 40.4 Å². The first-order valence-corrected chi connectivity index (χ1v) is 11.7. The van der Waals surface area contributed by atoms with Crippen LogP contribution in [-0.2, 0) is 0 Å². The summed E-state index contributed by atoms with van der Waals surface area (Å²) in [5, 5.41) is 0. The molecular formula is C28H23F3N4O. The van der Waals surface area contributed by atoms with Crippen molar-refractivity contribution in [1.82, 2.24) is 19.9 Å². The van der Waals surface area contributed by atoms with Gasteiger partial charge >= 0.3 is 0 Å². The zero-order chi connectivity index (χ0) is 25.2. The van der Waals surface area contributed by atoms with Crippen LogP contribution in [-0.4, -0.2) is 38.8 Å². The second-order valence-corrected chi connectivity index (χ2v) is 8.83. The first-order chi connectivity index (χ1) is 17.4. The number of hydrogen-bond donors (Lipinski definition) is 0. The maximum atomic E-state index is 14.2. The highest BCUT2D eigenvalue weighted by atomic mass is 19.2. The van der Waals surface area contributed by atoms with Gasteiger partial charge in [-0.05, 0) is 55.2 Å². The molecule has 1 amide bonds. The molecule has 1 aliphatic rings. The van der Waals surface area contributed by atoms with Crippen LogP contribution in [0.5, 0.6) is 0 Å². The average molecular weight is 489 g/mol. The van der Waals surface area contributed by atoms with Crippen molar-refractivity contribution in [3.63, 3.8) is 0 Å². The molecule has 1 aliphatic heterocycles. The number of carbonyl (C=O) groups excluding carboxylic acids is 1. The predicted molar refractivity (Wildman–Crippen MR) is 130 cm³/mol. The maximum Gasteiger partial charge on any atom is 0.259 e. The molecule has 182 valence electrons. The lowest BCUT2D eigenvalue weighted by molar-refractivity contribution is 0.0701. The van der Waals surface area contributed by atoms with Gasteiger partial charge in [0.15, 0.2) is 17.5 Å². The number of halogens is 3. The largest absolute Gasteiger partial charge is 0.338 e. The summed E-state index contributed by atoms with van der Waals surface area (Å²) in [6.07, 6.45) is 6.28. The van der Waals surface area contributed by atoms with Gasteiger partial charge in [-0.15, -0.1) is 0 Å². The van der Waals surface area contributed by atoms with E-state index in [0.717, 1.165) is 34.0 Å². The first-order valence-electron chi connectivity index (χ1n) is 11.7. The molecule has 0 atom stereocenters. The van der Waals surface area contributed by atoms with Crippen LogP contribution >= 0.6 is 0 Å². The zero-order valence-corrected chi connectivity index (χ0v) is 19.6. The van der Waals surface area contributed by atoms with Crippen molar-refractivity contribution < 1.29 is 18.0 Å². The number of benzene rings is 2. The smallest absolute Gasteiger partial charge is 0.259 e. The van der Waals surface area contributed by atoms with Crippen molar-refractivity contribution in [3.05, 3.63) is 101 Å². The lowest BCUT2D eigenvalue weighted by Gasteiger charge is -2.33. The fourth-order valence-corrected chi connectivity index (χ4v) is 4.66. The maximum absolute atomic E-state index is 14.2. The number of aromatic nitrogens is 3. The Balaban J connectivity index is 1.46. The molecule has 2 aromatic carbocycles. The number of pyridine rings is 1. The van der Waals surface area contributed by atoms with Crippen LogP contribution in [0, 0.1) is 24.4 Å². The van der Waals surface area contributed by atoms with Crippen LogP contribution in [0.4, 0.5) is 13.2 Å². The van der Waals surface area contributed by atoms with Gasteiger partial charge in [0.05, 0.1) is 5.69 Å². The van der Waals surface area contributed by atoms with E-state index >= 15 is 0 Å². The summed E-state index contributed by atoms with van der Waals surface area (Å²) in [4.78, 5) is 27.9. The molecule has 0 radical (unpaired) electrons. The Morgan fingerprint density at radius 2 is 1.67 bits per heavy atom. The van der Waals surface area contributed by atoms with Gasteiger partial charge in [-0.2, -0.15) is 0 Å². The molecule has 1 saturated heterocycles. The number of rotatable bonds is 4. The van der Waals surface area contributed by atoms with E-state index in [1.54, 1.807) is 12.4 Å². The Morgan fingerprint density at radius 3 is 2.39 bits per heavy atom. The molecule has 0 N–H and O–H groups in total. The quantitative estimate of drug-likeness (QED) is 0.333. The molecule has 1 fully saturated rings. The van der Waals surface area contributed by atoms with Crippen molar-refractivity contribution in [2.75, 3.05) is 13.1 Å². The van der Waals surface area contributed by atoms with Gasteiger partial charge in [-0.3, -0.25) is 9.78 Å². The molecule has 0 saturated carbocycles. The van der Waals surface area contributed by atoms with Gasteiger partial charge in [-0.1, -0.05) is 24.3 Å². The molecule has 0 spiro atoms. The van der Waals surface area contributed by atoms with Crippen molar-refractivity contribution in [2.24, 2.45) is 0 Å². The second-order valence-electron chi connectivity index (χ2n) is 8.83. The highest BCUT2D eigenvalue weighted by Crippen LogP contribution is 2.36. The molecule has 8 heteroatoms. The second kappa shape index (κ2) is 9.89. The lowest BCUT2D eigenvalue weighted by atomic mass is 9.87. The SMILES string of the molecule is Cc1ccccc1-c1cnc(-c2cccnc2)nc1C1CCN(C(=O)c2c(F)ccc(F)c2F)CC1. The first kappa shape index (κ1) is 23.7. The topological polar surface area (TPSA) is 59.0 Å². The Labute approximate surface area is 206 Å². The van der Waals surface area contributed by atoms with Crippen molar-refractivity contribution >= 4 is 5.91 Å². The van der Waals surface area contributed by atoms with Crippen LogP contribution in [0.25, 0.3) is 22.5 Å². The summed E-state index contributed by atoms with van der Waals surface area (Å²) < 4.78 is 42.0. The summed E-state index contributed by atoms with van der Waals surface area (Å²) in [7, 11) is 0. The van der Waals surface area contributed by atoms with Crippen LogP contribution in [0.3, 0.4) is 0 Å². The summed E-state index contributed by atoms with van der Waals surface area (Å²) in [6, 6.07) is 13.1. The van der Waals surface area contributed by atoms with Crippen molar-refractivity contribution in [3.8, 4) is 22.5 Å². The van der Waals surface area contributed by atoms with E-state index in [9.17, 15) is 18.0 Å². The van der Waals surface area contributed by atoms with Gasteiger partial charge in [0, 0.05) is 48.7 Å². The van der Waals surface area contributed by atoms with Crippen LogP contribution in [0.2, 0.25) is 0 Å². The predicted octanol–water partition coefficient (Wildman–Crippen LogP) is 5.95. The molecule has 3 heterocycles. The fraction of sp³-hybridized carbons (Fsp3) is 0.214. The van der Waals surface area contributed by atoms with Gasteiger partial charge in [0.1, 0.15) is 11.4 Å². The Hall–Kier alpha value is -4.07. The van der Waals surface area contributed by atoms with Crippen molar-refractivity contribution in [2.45, 2.75) is 25.7 Å². The molecule has 0 bridgehead atoms. The van der Waals surface area contributed by atoms with E-state index in [1.165, 1.54) is 4.90 Å². The third-order valence-corrected chi connectivity index (χ3v) is 6.60. The van der Waals surface area contributed by atoms with Crippen LogP contribution < -0.4 is 0 Å². The molecule has 0 aliphatic carbocycles. The fourth-order valence-electron chi connectivity index (χ4n) is 4.66. The monoisotopic (exact) mass is 488 g/mol. The number of likely N-dealkylation sites (tertiary alicyclic amines) is 1. The Bertz CT molecular complexity index is 1420. The minimum Gasteiger partial charge on any atom is -0.338 e. The Morgan fingerprint density at radius 1 is 0.917 bits per heavy atom. The highest BCUT2D eigenvalue weighted by Gasteiger charge is 2.31. The summed E-state index contributed by atoms with van der Waals surface area (Å²) >= 11 is 0. The number of hydrogen-bond acceptors (Lipinski definition) is 4. The summed E-state index contributed by atoms with van der Waals surface area (Å²) in [6.45, 7) is 2.55. The van der Waals surface area contributed by atoms with Gasteiger partial charge in [0.25, 0.3) is 5.91 Å². The number of piperidine rings is 1. The van der Waals surface area contributed by atoms with Gasteiger partial charge < -0.3 is 4.90 Å². The molecule has 5 nitrogen and oxygen atoms in total. The summed E-state index contributed by atoms with van der Waals surface area (Å²) in [5.74, 6) is -4.08. The molecule has 5 rings (SSSR count). The molecule has 4 aromatic rings. The molecule has 36 heavy (non-hydrogen) atoms. The lowest BCUT2D eigenvalue weighted by Crippen LogP contribution is -2.39. The number of amides is 1. The van der Waals surface area contributed by atoms with Gasteiger partial charge in [-0.25, -0.2) is 23.1 Å². The third kappa shape index (κ3) is 4.46. The minimum absolute atomic E-state index is 0.00993. The standard InChI is InChI=1S/C28H23F3N4O/c1-17-5-2-3-7-20(17)21-16-33-27(19-6-4-12-32-15-19)34-26(21)18-10-13-35(14-11-18)28(36)24-22(29)8-9-23(30)25(24)31/h2-9,12,15-16,18H,10-11,13-14H2,1H3. The molecule has 0 unspecified atom stereocenters. The molecular weight excluding hydrogens is 465 g/mol. The third-order valence-electron chi connectivity index (χ3n) is 6.60. The van der Waals surface area contributed by atoms with E-state index in [4.69, 9.17) is 4.98 Å². The Kier molecular flexibility index (Phi) is 6.50. The minimum atomic E-state index is -1.46. The van der Waals surface area contributed by atoms with Crippen molar-refractivity contribution in [1.29, 1.82) is 0 Å². The van der Waals surface area contributed by atoms with Crippen LogP contribution in [0.15, 0.2) is 67.1 Å².